The van der Waals surface area contributed by atoms with Crippen LogP contribution in [0.15, 0.2) is 30.3 Å². The van der Waals surface area contributed by atoms with Crippen molar-refractivity contribution in [2.75, 3.05) is 0 Å². The van der Waals surface area contributed by atoms with Gasteiger partial charge in [-0.1, -0.05) is 47.5 Å². The maximum Gasteiger partial charge on any atom is 0.165 e. The molecule has 0 heterocycles. The van der Waals surface area contributed by atoms with Crippen molar-refractivity contribution < 1.29 is 13.9 Å². The number of halogens is 4. The highest BCUT2D eigenvalue weighted by molar-refractivity contribution is 6.42. The van der Waals surface area contributed by atoms with E-state index < -0.39 is 17.7 Å². The molecule has 0 aliphatic heterocycles. The zero-order valence-electron chi connectivity index (χ0n) is 9.92. The van der Waals surface area contributed by atoms with Crippen LogP contribution < -0.4 is 0 Å². The van der Waals surface area contributed by atoms with Crippen LogP contribution in [0, 0.1) is 18.6 Å². The van der Waals surface area contributed by atoms with Gasteiger partial charge in [0, 0.05) is 11.1 Å². The van der Waals surface area contributed by atoms with Crippen LogP contribution in [0.1, 0.15) is 22.8 Å². The Balaban J connectivity index is 2.53. The van der Waals surface area contributed by atoms with E-state index in [1.165, 1.54) is 25.1 Å². The molecule has 0 fully saturated rings. The molecule has 0 bridgehead atoms. The first-order chi connectivity index (χ1) is 8.93. The monoisotopic (exact) mass is 302 g/mol. The van der Waals surface area contributed by atoms with Crippen LogP contribution in [0.5, 0.6) is 0 Å². The summed E-state index contributed by atoms with van der Waals surface area (Å²) >= 11 is 11.8. The first-order valence-electron chi connectivity index (χ1n) is 5.50. The van der Waals surface area contributed by atoms with E-state index in [0.29, 0.717) is 0 Å². The van der Waals surface area contributed by atoms with Crippen molar-refractivity contribution in [1.29, 1.82) is 0 Å². The lowest BCUT2D eigenvalue weighted by Gasteiger charge is -2.15. The van der Waals surface area contributed by atoms with Gasteiger partial charge in [0.1, 0.15) is 6.10 Å². The normalized spacial score (nSPS) is 12.5. The van der Waals surface area contributed by atoms with Crippen molar-refractivity contribution >= 4 is 23.2 Å². The Kier molecular flexibility index (Phi) is 4.09. The first-order valence-corrected chi connectivity index (χ1v) is 6.25. The van der Waals surface area contributed by atoms with E-state index in [4.69, 9.17) is 23.2 Å². The third-order valence-electron chi connectivity index (χ3n) is 2.88. The SMILES string of the molecule is Cc1ccc(C(O)c2cccc(Cl)c2Cl)c(F)c1F. The van der Waals surface area contributed by atoms with E-state index in [1.54, 1.807) is 12.1 Å². The fourth-order valence-corrected chi connectivity index (χ4v) is 2.18. The largest absolute Gasteiger partial charge is 0.383 e. The molecule has 0 aliphatic carbocycles. The van der Waals surface area contributed by atoms with Crippen molar-refractivity contribution in [1.82, 2.24) is 0 Å². The molecule has 0 aliphatic rings. The van der Waals surface area contributed by atoms with E-state index in [9.17, 15) is 13.9 Å². The first kappa shape index (κ1) is 14.3. The molecule has 2 rings (SSSR count). The average molecular weight is 303 g/mol. The number of aryl methyl sites for hydroxylation is 1. The van der Waals surface area contributed by atoms with Gasteiger partial charge in [0.15, 0.2) is 11.6 Å². The molecule has 1 atom stereocenters. The third-order valence-corrected chi connectivity index (χ3v) is 3.71. The zero-order valence-corrected chi connectivity index (χ0v) is 11.4. The topological polar surface area (TPSA) is 20.2 Å². The molecule has 0 amide bonds. The third kappa shape index (κ3) is 2.59. The van der Waals surface area contributed by atoms with Crippen molar-refractivity contribution in [3.63, 3.8) is 0 Å². The lowest BCUT2D eigenvalue weighted by Crippen LogP contribution is -2.06. The van der Waals surface area contributed by atoms with Gasteiger partial charge in [0.25, 0.3) is 0 Å². The minimum absolute atomic E-state index is 0.122. The molecular weight excluding hydrogens is 293 g/mol. The summed E-state index contributed by atoms with van der Waals surface area (Å²) in [5.41, 5.74) is 0.231. The second kappa shape index (κ2) is 5.45. The van der Waals surface area contributed by atoms with Crippen molar-refractivity contribution in [2.45, 2.75) is 13.0 Å². The maximum atomic E-state index is 13.8. The molecule has 0 spiro atoms. The minimum atomic E-state index is -1.37. The minimum Gasteiger partial charge on any atom is -0.383 e. The van der Waals surface area contributed by atoms with Gasteiger partial charge >= 0.3 is 0 Å². The fourth-order valence-electron chi connectivity index (χ4n) is 1.77. The quantitative estimate of drug-likeness (QED) is 0.855. The van der Waals surface area contributed by atoms with Crippen molar-refractivity contribution in [2.24, 2.45) is 0 Å². The molecule has 100 valence electrons. The Morgan fingerprint density at radius 3 is 2.37 bits per heavy atom. The Morgan fingerprint density at radius 1 is 1.00 bits per heavy atom. The number of hydrogen-bond donors (Lipinski definition) is 1. The highest BCUT2D eigenvalue weighted by Gasteiger charge is 2.21. The van der Waals surface area contributed by atoms with Crippen LogP contribution in [-0.2, 0) is 0 Å². The highest BCUT2D eigenvalue weighted by Crippen LogP contribution is 2.34. The summed E-state index contributed by atoms with van der Waals surface area (Å²) < 4.78 is 27.3. The molecule has 2 aromatic carbocycles. The number of hydrogen-bond acceptors (Lipinski definition) is 1. The van der Waals surface area contributed by atoms with Crippen molar-refractivity contribution in [3.8, 4) is 0 Å². The van der Waals surface area contributed by atoms with Gasteiger partial charge in [-0.25, -0.2) is 8.78 Å². The number of rotatable bonds is 2. The summed E-state index contributed by atoms with van der Waals surface area (Å²) in [7, 11) is 0. The lowest BCUT2D eigenvalue weighted by molar-refractivity contribution is 0.213. The fraction of sp³-hybridized carbons (Fsp3) is 0.143. The molecule has 1 unspecified atom stereocenters. The molecule has 0 aromatic heterocycles. The molecule has 1 nitrogen and oxygen atoms in total. The molecule has 19 heavy (non-hydrogen) atoms. The molecule has 0 saturated heterocycles. The van der Waals surface area contributed by atoms with E-state index >= 15 is 0 Å². The summed E-state index contributed by atoms with van der Waals surface area (Å²) in [6.07, 6.45) is -1.37. The Labute approximate surface area is 119 Å². The standard InChI is InChI=1S/C14H10Cl2F2O/c1-7-5-6-9(13(18)12(7)17)14(19)8-3-2-4-10(15)11(8)16/h2-6,14,19H,1H3. The second-order valence-corrected chi connectivity index (χ2v) is 4.93. The van der Waals surface area contributed by atoms with Gasteiger partial charge in [0.2, 0.25) is 0 Å². The lowest BCUT2D eigenvalue weighted by atomic mass is 9.99. The maximum absolute atomic E-state index is 13.8. The summed E-state index contributed by atoms with van der Waals surface area (Å²) in [5.74, 6) is -2.06. The summed E-state index contributed by atoms with van der Waals surface area (Å²) in [6, 6.07) is 7.36. The van der Waals surface area contributed by atoms with Gasteiger partial charge in [-0.2, -0.15) is 0 Å². The van der Waals surface area contributed by atoms with Gasteiger partial charge in [-0.15, -0.1) is 0 Å². The van der Waals surface area contributed by atoms with Crippen molar-refractivity contribution in [3.05, 3.63) is 68.7 Å². The summed E-state index contributed by atoms with van der Waals surface area (Å²) in [6.45, 7) is 1.45. The van der Waals surface area contributed by atoms with Crippen LogP contribution in [0.3, 0.4) is 0 Å². The van der Waals surface area contributed by atoms with Crippen LogP contribution in [-0.4, -0.2) is 5.11 Å². The predicted octanol–water partition coefficient (Wildman–Crippen LogP) is 4.66. The van der Waals surface area contributed by atoms with Crippen LogP contribution in [0.4, 0.5) is 8.78 Å². The molecule has 2 aromatic rings. The molecule has 5 heteroatoms. The Hall–Kier alpha value is -1.16. The number of benzene rings is 2. The summed E-state index contributed by atoms with van der Waals surface area (Å²) in [5, 5.41) is 10.5. The molecule has 0 saturated carbocycles. The summed E-state index contributed by atoms with van der Waals surface area (Å²) in [4.78, 5) is 0. The van der Waals surface area contributed by atoms with E-state index in [-0.39, 0.29) is 26.7 Å². The number of aliphatic hydroxyl groups excluding tert-OH is 1. The molecular formula is C14H10Cl2F2O. The highest BCUT2D eigenvalue weighted by atomic mass is 35.5. The van der Waals surface area contributed by atoms with Crippen LogP contribution >= 0.6 is 23.2 Å². The van der Waals surface area contributed by atoms with Gasteiger partial charge in [-0.05, 0) is 18.6 Å². The van der Waals surface area contributed by atoms with E-state index in [0.717, 1.165) is 0 Å². The number of aliphatic hydroxyl groups is 1. The molecule has 1 N–H and O–H groups in total. The Morgan fingerprint density at radius 2 is 1.68 bits per heavy atom. The van der Waals surface area contributed by atoms with E-state index in [2.05, 4.69) is 0 Å². The predicted molar refractivity (Wildman–Crippen MR) is 71.6 cm³/mol. The van der Waals surface area contributed by atoms with Crippen LogP contribution in [0.2, 0.25) is 10.0 Å². The van der Waals surface area contributed by atoms with E-state index in [1.807, 2.05) is 0 Å². The van der Waals surface area contributed by atoms with Gasteiger partial charge in [-0.3, -0.25) is 0 Å². The van der Waals surface area contributed by atoms with Gasteiger partial charge in [0.05, 0.1) is 10.0 Å². The van der Waals surface area contributed by atoms with Crippen LogP contribution in [0.25, 0.3) is 0 Å². The zero-order chi connectivity index (χ0) is 14.2. The Bertz CT molecular complexity index is 629. The second-order valence-electron chi connectivity index (χ2n) is 4.15. The molecule has 0 radical (unpaired) electrons. The smallest absolute Gasteiger partial charge is 0.165 e. The van der Waals surface area contributed by atoms with Gasteiger partial charge < -0.3 is 5.11 Å². The average Bonchev–Trinajstić information content (AvgIpc) is 2.39.